The van der Waals surface area contributed by atoms with Crippen LogP contribution >= 0.6 is 0 Å². The minimum atomic E-state index is -0.266. The van der Waals surface area contributed by atoms with Crippen LogP contribution in [0.25, 0.3) is 11.4 Å². The molecule has 2 aromatic carbocycles. The van der Waals surface area contributed by atoms with E-state index in [4.69, 9.17) is 4.74 Å². The van der Waals surface area contributed by atoms with Gasteiger partial charge in [-0.1, -0.05) is 30.3 Å². The number of hydrogen-bond acceptors (Lipinski definition) is 3. The maximum Gasteiger partial charge on any atom is 0.369 e. The molecule has 1 aliphatic rings. The van der Waals surface area contributed by atoms with Crippen molar-refractivity contribution in [2.45, 2.75) is 13.3 Å². The molecule has 5 nitrogen and oxygen atoms in total. The minimum Gasteiger partial charge on any atom is -0.491 e. The molecule has 0 spiro atoms. The minimum absolute atomic E-state index is 0.266. The maximum atomic E-state index is 12.4. The molecular weight excluding hydrogens is 278 g/mol. The topological polar surface area (TPSA) is 49.0 Å². The van der Waals surface area contributed by atoms with Crippen LogP contribution in [0.1, 0.15) is 11.4 Å². The van der Waals surface area contributed by atoms with Gasteiger partial charge in [-0.05, 0) is 30.7 Å². The highest BCUT2D eigenvalue weighted by Gasteiger charge is 2.23. The first-order valence-electron chi connectivity index (χ1n) is 7.25. The van der Waals surface area contributed by atoms with Crippen LogP contribution in [0, 0.1) is 6.92 Å². The number of hydrogen-bond donors (Lipinski definition) is 0. The Bertz CT molecular complexity index is 894. The Morgan fingerprint density at radius 3 is 2.68 bits per heavy atom. The summed E-state index contributed by atoms with van der Waals surface area (Å²) in [5.41, 5.74) is 2.45. The van der Waals surface area contributed by atoms with E-state index in [9.17, 15) is 4.79 Å². The van der Waals surface area contributed by atoms with Crippen molar-refractivity contribution >= 4 is 0 Å². The lowest BCUT2D eigenvalue weighted by atomic mass is 10.2. The zero-order valence-electron chi connectivity index (χ0n) is 12.2. The smallest absolute Gasteiger partial charge is 0.369 e. The normalized spacial score (nSPS) is 13.0. The Labute approximate surface area is 127 Å². The van der Waals surface area contributed by atoms with Gasteiger partial charge in [0.05, 0.1) is 12.3 Å². The average Bonchev–Trinajstić information content (AvgIpc) is 2.73. The van der Waals surface area contributed by atoms with Crippen molar-refractivity contribution in [3.63, 3.8) is 0 Å². The predicted molar refractivity (Wildman–Crippen MR) is 83.1 cm³/mol. The summed E-state index contributed by atoms with van der Waals surface area (Å²) >= 11 is 0. The number of ether oxygens (including phenoxy) is 1. The summed E-state index contributed by atoms with van der Waals surface area (Å²) in [6.45, 7) is 2.53. The molecule has 5 heteroatoms. The van der Waals surface area contributed by atoms with Crippen LogP contribution in [-0.4, -0.2) is 21.0 Å². The standard InChI is InChI=1S/C17H15N3O2/c1-12-6-5-9-14-16(12)20-15(10-11-22-14)18-17(21)19(20)13-7-3-2-4-8-13/h2-9H,10-11H2,1H3. The Morgan fingerprint density at radius 1 is 1.05 bits per heavy atom. The third-order valence-corrected chi connectivity index (χ3v) is 3.85. The van der Waals surface area contributed by atoms with Crippen LogP contribution in [0.5, 0.6) is 5.75 Å². The Kier molecular flexibility index (Phi) is 2.85. The van der Waals surface area contributed by atoms with Gasteiger partial charge in [0.25, 0.3) is 0 Å². The molecule has 0 saturated heterocycles. The van der Waals surface area contributed by atoms with E-state index in [1.165, 1.54) is 0 Å². The molecule has 0 aliphatic carbocycles. The molecule has 4 rings (SSSR count). The van der Waals surface area contributed by atoms with Crippen molar-refractivity contribution in [3.05, 3.63) is 70.4 Å². The fourth-order valence-electron chi connectivity index (χ4n) is 2.86. The molecule has 0 saturated carbocycles. The fourth-order valence-corrected chi connectivity index (χ4v) is 2.86. The average molecular weight is 293 g/mol. The Morgan fingerprint density at radius 2 is 1.86 bits per heavy atom. The van der Waals surface area contributed by atoms with Gasteiger partial charge >= 0.3 is 5.69 Å². The highest BCUT2D eigenvalue weighted by Crippen LogP contribution is 2.30. The van der Waals surface area contributed by atoms with Crippen LogP contribution in [0.15, 0.2) is 53.3 Å². The van der Waals surface area contributed by atoms with Gasteiger partial charge in [0.15, 0.2) is 0 Å². The van der Waals surface area contributed by atoms with Gasteiger partial charge < -0.3 is 4.74 Å². The maximum absolute atomic E-state index is 12.4. The lowest BCUT2D eigenvalue weighted by molar-refractivity contribution is 0.325. The number of nitrogens with zero attached hydrogens (tertiary/aromatic N) is 3. The molecule has 1 aliphatic heterocycles. The van der Waals surface area contributed by atoms with E-state index in [0.29, 0.717) is 13.0 Å². The lowest BCUT2D eigenvalue weighted by Gasteiger charge is -2.15. The molecule has 3 aromatic rings. The molecule has 0 amide bonds. The van der Waals surface area contributed by atoms with E-state index in [2.05, 4.69) is 4.98 Å². The third kappa shape index (κ3) is 1.86. The first-order chi connectivity index (χ1) is 10.8. The fraction of sp³-hybridized carbons (Fsp3) is 0.176. The molecule has 22 heavy (non-hydrogen) atoms. The molecule has 0 bridgehead atoms. The second-order valence-corrected chi connectivity index (χ2v) is 5.29. The first kappa shape index (κ1) is 12.9. The van der Waals surface area contributed by atoms with E-state index in [1.54, 1.807) is 4.68 Å². The summed E-state index contributed by atoms with van der Waals surface area (Å²) in [5, 5.41) is 0. The van der Waals surface area contributed by atoms with Crippen LogP contribution in [0.2, 0.25) is 0 Å². The summed E-state index contributed by atoms with van der Waals surface area (Å²) < 4.78 is 9.32. The molecule has 110 valence electrons. The van der Waals surface area contributed by atoms with Crippen molar-refractivity contribution in [2.75, 3.05) is 6.61 Å². The van der Waals surface area contributed by atoms with E-state index in [1.807, 2.05) is 60.1 Å². The molecule has 0 radical (unpaired) electrons. The Hall–Kier alpha value is -2.82. The zero-order chi connectivity index (χ0) is 15.1. The number of benzene rings is 2. The first-order valence-corrected chi connectivity index (χ1v) is 7.25. The number of aryl methyl sites for hydroxylation is 1. The third-order valence-electron chi connectivity index (χ3n) is 3.85. The van der Waals surface area contributed by atoms with E-state index in [0.717, 1.165) is 28.5 Å². The predicted octanol–water partition coefficient (Wildman–Crippen LogP) is 2.27. The van der Waals surface area contributed by atoms with Crippen molar-refractivity contribution in [3.8, 4) is 17.1 Å². The zero-order valence-corrected chi connectivity index (χ0v) is 12.2. The Balaban J connectivity index is 2.09. The van der Waals surface area contributed by atoms with Crippen LogP contribution in [-0.2, 0) is 6.42 Å². The summed E-state index contributed by atoms with van der Waals surface area (Å²) in [7, 11) is 0. The summed E-state index contributed by atoms with van der Waals surface area (Å²) in [5.74, 6) is 1.50. The quantitative estimate of drug-likeness (QED) is 0.691. The van der Waals surface area contributed by atoms with Crippen LogP contribution < -0.4 is 10.4 Å². The summed E-state index contributed by atoms with van der Waals surface area (Å²) in [6, 6.07) is 15.5. The van der Waals surface area contributed by atoms with Gasteiger partial charge in [0, 0.05) is 6.42 Å². The largest absolute Gasteiger partial charge is 0.491 e. The second-order valence-electron chi connectivity index (χ2n) is 5.29. The molecule has 2 heterocycles. The summed E-state index contributed by atoms with van der Waals surface area (Å²) in [6.07, 6.45) is 0.600. The van der Waals surface area contributed by atoms with E-state index in [-0.39, 0.29) is 5.69 Å². The number of fused-ring (bicyclic) bond motifs is 3. The molecule has 0 atom stereocenters. The van der Waals surface area contributed by atoms with Crippen molar-refractivity contribution in [2.24, 2.45) is 0 Å². The van der Waals surface area contributed by atoms with Gasteiger partial charge in [0.2, 0.25) is 0 Å². The number of para-hydroxylation sites is 2. The highest BCUT2D eigenvalue weighted by molar-refractivity contribution is 5.53. The molecule has 0 unspecified atom stereocenters. The van der Waals surface area contributed by atoms with E-state index >= 15 is 0 Å². The van der Waals surface area contributed by atoms with E-state index < -0.39 is 0 Å². The lowest BCUT2D eigenvalue weighted by Crippen LogP contribution is -2.21. The molecule has 1 aromatic heterocycles. The number of aromatic nitrogens is 3. The number of rotatable bonds is 1. The molecule has 0 N–H and O–H groups in total. The van der Waals surface area contributed by atoms with Crippen molar-refractivity contribution in [1.82, 2.24) is 14.3 Å². The summed E-state index contributed by atoms with van der Waals surface area (Å²) in [4.78, 5) is 16.6. The van der Waals surface area contributed by atoms with Crippen LogP contribution in [0.3, 0.4) is 0 Å². The van der Waals surface area contributed by atoms with Crippen molar-refractivity contribution in [1.29, 1.82) is 0 Å². The second kappa shape index (κ2) is 4.87. The van der Waals surface area contributed by atoms with Gasteiger partial charge in [-0.25, -0.2) is 9.48 Å². The van der Waals surface area contributed by atoms with Gasteiger partial charge in [-0.3, -0.25) is 0 Å². The van der Waals surface area contributed by atoms with Crippen molar-refractivity contribution < 1.29 is 4.74 Å². The van der Waals surface area contributed by atoms with Gasteiger partial charge in [-0.2, -0.15) is 9.67 Å². The molecule has 0 fully saturated rings. The molecular formula is C17H15N3O2. The van der Waals surface area contributed by atoms with Crippen LogP contribution in [0.4, 0.5) is 0 Å². The monoisotopic (exact) mass is 293 g/mol. The van der Waals surface area contributed by atoms with Gasteiger partial charge in [0.1, 0.15) is 17.3 Å². The SMILES string of the molecule is Cc1cccc2c1-n1c(nc(=O)n1-c1ccccc1)CCO2. The highest BCUT2D eigenvalue weighted by atomic mass is 16.5. The van der Waals surface area contributed by atoms with Gasteiger partial charge in [-0.15, -0.1) is 0 Å².